The number of hydrogen-bond acceptors (Lipinski definition) is 2. The summed E-state index contributed by atoms with van der Waals surface area (Å²) in [4.78, 5) is 0. The fourth-order valence-corrected chi connectivity index (χ4v) is 1.99. The zero-order chi connectivity index (χ0) is 9.68. The SMILES string of the molecule is CCCC(C)C(O)CC1CCOC1. The Morgan fingerprint density at radius 1 is 1.54 bits per heavy atom. The van der Waals surface area contributed by atoms with Gasteiger partial charge < -0.3 is 9.84 Å². The maximum absolute atomic E-state index is 9.85. The summed E-state index contributed by atoms with van der Waals surface area (Å²) >= 11 is 0. The van der Waals surface area contributed by atoms with Crippen LogP contribution in [0.5, 0.6) is 0 Å². The molecule has 0 aromatic carbocycles. The highest BCUT2D eigenvalue weighted by molar-refractivity contribution is 4.72. The van der Waals surface area contributed by atoms with Gasteiger partial charge in [0.25, 0.3) is 0 Å². The smallest absolute Gasteiger partial charge is 0.0569 e. The van der Waals surface area contributed by atoms with Gasteiger partial charge >= 0.3 is 0 Å². The molecule has 0 bridgehead atoms. The van der Waals surface area contributed by atoms with Crippen LogP contribution in [0.1, 0.15) is 39.5 Å². The molecule has 3 atom stereocenters. The summed E-state index contributed by atoms with van der Waals surface area (Å²) in [6.45, 7) is 6.06. The van der Waals surface area contributed by atoms with Crippen LogP contribution in [-0.2, 0) is 4.74 Å². The largest absolute Gasteiger partial charge is 0.393 e. The lowest BCUT2D eigenvalue weighted by Crippen LogP contribution is -2.21. The van der Waals surface area contributed by atoms with Crippen molar-refractivity contribution in [3.05, 3.63) is 0 Å². The molecule has 2 heteroatoms. The lowest BCUT2D eigenvalue weighted by atomic mass is 9.91. The van der Waals surface area contributed by atoms with Crippen LogP contribution in [0.25, 0.3) is 0 Å². The molecule has 1 fully saturated rings. The summed E-state index contributed by atoms with van der Waals surface area (Å²) in [6.07, 6.45) is 4.25. The van der Waals surface area contributed by atoms with Crippen LogP contribution in [0.3, 0.4) is 0 Å². The van der Waals surface area contributed by atoms with E-state index in [-0.39, 0.29) is 6.10 Å². The van der Waals surface area contributed by atoms with E-state index in [1.807, 2.05) is 0 Å². The van der Waals surface area contributed by atoms with E-state index < -0.39 is 0 Å². The summed E-state index contributed by atoms with van der Waals surface area (Å²) in [5.74, 6) is 1.06. The topological polar surface area (TPSA) is 29.5 Å². The molecule has 1 N–H and O–H groups in total. The minimum atomic E-state index is -0.119. The molecule has 0 aromatic heterocycles. The van der Waals surface area contributed by atoms with Crippen LogP contribution in [0, 0.1) is 11.8 Å². The first-order valence-corrected chi connectivity index (χ1v) is 5.49. The van der Waals surface area contributed by atoms with Gasteiger partial charge in [-0.25, -0.2) is 0 Å². The molecule has 78 valence electrons. The van der Waals surface area contributed by atoms with Gasteiger partial charge in [-0.15, -0.1) is 0 Å². The molecule has 0 aliphatic carbocycles. The van der Waals surface area contributed by atoms with Gasteiger partial charge in [0.05, 0.1) is 6.10 Å². The Hall–Kier alpha value is -0.0800. The highest BCUT2D eigenvalue weighted by Crippen LogP contribution is 2.23. The van der Waals surface area contributed by atoms with Gasteiger partial charge in [0.1, 0.15) is 0 Å². The standard InChI is InChI=1S/C11H22O2/c1-3-4-9(2)11(12)7-10-5-6-13-8-10/h9-12H,3-8H2,1-2H3. The number of ether oxygens (including phenoxy) is 1. The van der Waals surface area contributed by atoms with E-state index in [4.69, 9.17) is 4.74 Å². The zero-order valence-electron chi connectivity index (χ0n) is 8.83. The van der Waals surface area contributed by atoms with Crippen molar-refractivity contribution >= 4 is 0 Å². The molecule has 1 heterocycles. The van der Waals surface area contributed by atoms with E-state index in [0.29, 0.717) is 11.8 Å². The van der Waals surface area contributed by atoms with Gasteiger partial charge in [-0.2, -0.15) is 0 Å². The Balaban J connectivity index is 2.18. The molecule has 1 saturated heterocycles. The lowest BCUT2D eigenvalue weighted by Gasteiger charge is -2.20. The molecule has 2 nitrogen and oxygen atoms in total. The Morgan fingerprint density at radius 3 is 2.85 bits per heavy atom. The number of hydrogen-bond donors (Lipinski definition) is 1. The van der Waals surface area contributed by atoms with Crippen molar-refractivity contribution < 1.29 is 9.84 Å². The summed E-state index contributed by atoms with van der Waals surface area (Å²) in [6, 6.07) is 0. The summed E-state index contributed by atoms with van der Waals surface area (Å²) in [5.41, 5.74) is 0. The van der Waals surface area contributed by atoms with E-state index in [1.165, 1.54) is 6.42 Å². The van der Waals surface area contributed by atoms with Crippen LogP contribution in [0.4, 0.5) is 0 Å². The summed E-state index contributed by atoms with van der Waals surface area (Å²) in [5, 5.41) is 9.85. The van der Waals surface area contributed by atoms with Crippen molar-refractivity contribution in [1.29, 1.82) is 0 Å². The predicted octanol–water partition coefficient (Wildman–Crippen LogP) is 2.21. The molecule has 13 heavy (non-hydrogen) atoms. The van der Waals surface area contributed by atoms with Gasteiger partial charge in [-0.1, -0.05) is 20.3 Å². The first-order chi connectivity index (χ1) is 6.24. The molecule has 0 spiro atoms. The average molecular weight is 186 g/mol. The van der Waals surface area contributed by atoms with Crippen LogP contribution in [-0.4, -0.2) is 24.4 Å². The Morgan fingerprint density at radius 2 is 2.31 bits per heavy atom. The Bertz CT molecular complexity index is 130. The predicted molar refractivity (Wildman–Crippen MR) is 53.6 cm³/mol. The van der Waals surface area contributed by atoms with Gasteiger partial charge in [0.2, 0.25) is 0 Å². The van der Waals surface area contributed by atoms with Crippen molar-refractivity contribution in [2.45, 2.75) is 45.6 Å². The van der Waals surface area contributed by atoms with Crippen molar-refractivity contribution in [2.24, 2.45) is 11.8 Å². The van der Waals surface area contributed by atoms with Gasteiger partial charge in [-0.05, 0) is 31.1 Å². The second-order valence-corrected chi connectivity index (χ2v) is 4.30. The molecule has 1 aliphatic heterocycles. The molecule has 0 aromatic rings. The number of aliphatic hydroxyl groups is 1. The molecular weight excluding hydrogens is 164 g/mol. The highest BCUT2D eigenvalue weighted by atomic mass is 16.5. The van der Waals surface area contributed by atoms with Crippen molar-refractivity contribution in [2.75, 3.05) is 13.2 Å². The normalized spacial score (nSPS) is 27.5. The minimum Gasteiger partial charge on any atom is -0.393 e. The maximum atomic E-state index is 9.85. The Labute approximate surface area is 81.3 Å². The second-order valence-electron chi connectivity index (χ2n) is 4.30. The molecule has 3 unspecified atom stereocenters. The average Bonchev–Trinajstić information content (AvgIpc) is 2.57. The van der Waals surface area contributed by atoms with Crippen molar-refractivity contribution in [3.8, 4) is 0 Å². The third kappa shape index (κ3) is 3.65. The lowest BCUT2D eigenvalue weighted by molar-refractivity contribution is 0.0803. The first kappa shape index (κ1) is 11.0. The van der Waals surface area contributed by atoms with E-state index in [2.05, 4.69) is 13.8 Å². The molecular formula is C11H22O2. The van der Waals surface area contributed by atoms with Gasteiger partial charge in [0.15, 0.2) is 0 Å². The first-order valence-electron chi connectivity index (χ1n) is 5.49. The number of rotatable bonds is 5. The molecule has 0 radical (unpaired) electrons. The summed E-state index contributed by atoms with van der Waals surface area (Å²) < 4.78 is 5.29. The fraction of sp³-hybridized carbons (Fsp3) is 1.00. The van der Waals surface area contributed by atoms with Crippen LogP contribution >= 0.6 is 0 Å². The third-order valence-electron chi connectivity index (χ3n) is 3.00. The quantitative estimate of drug-likeness (QED) is 0.713. The van der Waals surface area contributed by atoms with Crippen LogP contribution < -0.4 is 0 Å². The highest BCUT2D eigenvalue weighted by Gasteiger charge is 2.22. The van der Waals surface area contributed by atoms with Crippen molar-refractivity contribution in [3.63, 3.8) is 0 Å². The fourth-order valence-electron chi connectivity index (χ4n) is 1.99. The third-order valence-corrected chi connectivity index (χ3v) is 3.00. The molecule has 1 aliphatic rings. The molecule has 0 saturated carbocycles. The van der Waals surface area contributed by atoms with Gasteiger partial charge in [0, 0.05) is 13.2 Å². The monoisotopic (exact) mass is 186 g/mol. The second kappa shape index (κ2) is 5.61. The molecule has 1 rings (SSSR count). The van der Waals surface area contributed by atoms with Crippen LogP contribution in [0.15, 0.2) is 0 Å². The summed E-state index contributed by atoms with van der Waals surface area (Å²) in [7, 11) is 0. The Kier molecular flexibility index (Phi) is 4.74. The van der Waals surface area contributed by atoms with Gasteiger partial charge in [-0.3, -0.25) is 0 Å². The maximum Gasteiger partial charge on any atom is 0.0569 e. The van der Waals surface area contributed by atoms with Crippen LogP contribution in [0.2, 0.25) is 0 Å². The van der Waals surface area contributed by atoms with E-state index >= 15 is 0 Å². The van der Waals surface area contributed by atoms with Crippen molar-refractivity contribution in [1.82, 2.24) is 0 Å². The van der Waals surface area contributed by atoms with E-state index in [0.717, 1.165) is 32.5 Å². The van der Waals surface area contributed by atoms with E-state index in [1.54, 1.807) is 0 Å². The zero-order valence-corrected chi connectivity index (χ0v) is 8.83. The molecule has 0 amide bonds. The number of aliphatic hydroxyl groups excluding tert-OH is 1. The minimum absolute atomic E-state index is 0.119. The van der Waals surface area contributed by atoms with E-state index in [9.17, 15) is 5.11 Å².